The Morgan fingerprint density at radius 1 is 1.00 bits per heavy atom. The lowest BCUT2D eigenvalue weighted by Gasteiger charge is -2.25. The number of hydrogen-bond donors (Lipinski definition) is 1. The van der Waals surface area contributed by atoms with Gasteiger partial charge in [0.1, 0.15) is 5.37 Å². The first-order chi connectivity index (χ1) is 14.0. The number of hydrogen-bond acceptors (Lipinski definition) is 3. The van der Waals surface area contributed by atoms with Crippen LogP contribution in [0.5, 0.6) is 0 Å². The predicted molar refractivity (Wildman–Crippen MR) is 119 cm³/mol. The maximum absolute atomic E-state index is 12.7. The van der Waals surface area contributed by atoms with E-state index in [4.69, 9.17) is 0 Å². The van der Waals surface area contributed by atoms with Crippen molar-refractivity contribution in [1.29, 1.82) is 0 Å². The number of amides is 2. The SMILES string of the molecule is Cc1ccc(N2C(=O)CSC2c2cccc(NC(=O)c3ccccc3C)c2)cc1. The quantitative estimate of drug-likeness (QED) is 0.641. The normalized spacial score (nSPS) is 16.1. The van der Waals surface area contributed by atoms with Gasteiger partial charge in [-0.3, -0.25) is 14.5 Å². The molecule has 0 bridgehead atoms. The molecule has 3 aromatic carbocycles. The van der Waals surface area contributed by atoms with Gasteiger partial charge >= 0.3 is 0 Å². The van der Waals surface area contributed by atoms with Crippen LogP contribution < -0.4 is 10.2 Å². The predicted octanol–water partition coefficient (Wildman–Crippen LogP) is 5.33. The van der Waals surface area contributed by atoms with Crippen LogP contribution in [0.3, 0.4) is 0 Å². The van der Waals surface area contributed by atoms with E-state index in [0.29, 0.717) is 11.3 Å². The molecule has 1 heterocycles. The minimum atomic E-state index is -0.134. The Kier molecular flexibility index (Phi) is 5.41. The van der Waals surface area contributed by atoms with Crippen LogP contribution in [-0.2, 0) is 4.79 Å². The number of rotatable bonds is 4. The van der Waals surface area contributed by atoms with Crippen molar-refractivity contribution in [2.75, 3.05) is 16.0 Å². The molecule has 1 unspecified atom stereocenters. The number of carbonyl (C=O) groups excluding carboxylic acids is 2. The number of nitrogens with zero attached hydrogens (tertiary/aromatic N) is 1. The molecule has 0 saturated carbocycles. The van der Waals surface area contributed by atoms with Gasteiger partial charge in [0.25, 0.3) is 5.91 Å². The average molecular weight is 403 g/mol. The summed E-state index contributed by atoms with van der Waals surface area (Å²) in [7, 11) is 0. The van der Waals surface area contributed by atoms with E-state index in [2.05, 4.69) is 5.32 Å². The lowest BCUT2D eigenvalue weighted by atomic mass is 10.1. The van der Waals surface area contributed by atoms with E-state index in [9.17, 15) is 9.59 Å². The third-order valence-corrected chi connectivity index (χ3v) is 6.21. The van der Waals surface area contributed by atoms with Crippen molar-refractivity contribution in [3.63, 3.8) is 0 Å². The first kappa shape index (κ1) is 19.3. The second-order valence-electron chi connectivity index (χ2n) is 7.16. The Balaban J connectivity index is 1.59. The van der Waals surface area contributed by atoms with Crippen LogP contribution in [0, 0.1) is 13.8 Å². The number of carbonyl (C=O) groups is 2. The Morgan fingerprint density at radius 2 is 1.76 bits per heavy atom. The Labute approximate surface area is 174 Å². The second-order valence-corrected chi connectivity index (χ2v) is 8.23. The lowest BCUT2D eigenvalue weighted by Crippen LogP contribution is -2.27. The van der Waals surface area contributed by atoms with Crippen LogP contribution in [0.15, 0.2) is 72.8 Å². The van der Waals surface area contributed by atoms with Gasteiger partial charge in [-0.15, -0.1) is 11.8 Å². The molecule has 3 aromatic rings. The van der Waals surface area contributed by atoms with E-state index < -0.39 is 0 Å². The fourth-order valence-electron chi connectivity index (χ4n) is 3.45. The summed E-state index contributed by atoms with van der Waals surface area (Å²) in [4.78, 5) is 27.1. The van der Waals surface area contributed by atoms with Crippen molar-refractivity contribution in [3.05, 3.63) is 95.1 Å². The molecule has 1 aliphatic heterocycles. The Bertz CT molecular complexity index is 1060. The fourth-order valence-corrected chi connectivity index (χ4v) is 4.62. The van der Waals surface area contributed by atoms with Gasteiger partial charge in [-0.25, -0.2) is 0 Å². The summed E-state index contributed by atoms with van der Waals surface area (Å²) in [6.45, 7) is 3.95. The van der Waals surface area contributed by atoms with E-state index in [1.807, 2.05) is 91.5 Å². The van der Waals surface area contributed by atoms with Crippen LogP contribution in [0.2, 0.25) is 0 Å². The molecule has 0 aromatic heterocycles. The second kappa shape index (κ2) is 8.13. The highest BCUT2D eigenvalue weighted by molar-refractivity contribution is 8.00. The zero-order valence-electron chi connectivity index (χ0n) is 16.4. The minimum Gasteiger partial charge on any atom is -0.322 e. The van der Waals surface area contributed by atoms with Gasteiger partial charge in [0.05, 0.1) is 5.75 Å². The molecular formula is C24H22N2O2S. The zero-order chi connectivity index (χ0) is 20.4. The summed E-state index contributed by atoms with van der Waals surface area (Å²) >= 11 is 1.60. The standard InChI is InChI=1S/C24H22N2O2S/c1-16-10-12-20(13-11-16)26-22(27)15-29-24(26)18-7-5-8-19(14-18)25-23(28)21-9-4-3-6-17(21)2/h3-14,24H,15H2,1-2H3,(H,25,28). The highest BCUT2D eigenvalue weighted by atomic mass is 32.2. The van der Waals surface area contributed by atoms with Crippen molar-refractivity contribution in [2.24, 2.45) is 0 Å². The van der Waals surface area contributed by atoms with Gasteiger partial charge in [0.15, 0.2) is 0 Å². The molecule has 0 spiro atoms. The summed E-state index contributed by atoms with van der Waals surface area (Å²) in [5.41, 5.74) is 5.35. The lowest BCUT2D eigenvalue weighted by molar-refractivity contribution is -0.115. The van der Waals surface area contributed by atoms with Crippen LogP contribution in [-0.4, -0.2) is 17.6 Å². The fraction of sp³-hybridized carbons (Fsp3) is 0.167. The molecule has 5 heteroatoms. The summed E-state index contributed by atoms with van der Waals surface area (Å²) in [5.74, 6) is 0.405. The van der Waals surface area contributed by atoms with Gasteiger partial charge in [-0.2, -0.15) is 0 Å². The van der Waals surface area contributed by atoms with Crippen molar-refractivity contribution in [2.45, 2.75) is 19.2 Å². The van der Waals surface area contributed by atoms with Crippen molar-refractivity contribution in [1.82, 2.24) is 0 Å². The minimum absolute atomic E-state index is 0.0956. The molecule has 1 N–H and O–H groups in total. The molecule has 1 atom stereocenters. The van der Waals surface area contributed by atoms with Crippen LogP contribution in [0.25, 0.3) is 0 Å². The van der Waals surface area contributed by atoms with E-state index in [0.717, 1.165) is 28.1 Å². The van der Waals surface area contributed by atoms with E-state index in [1.165, 1.54) is 0 Å². The Hall–Kier alpha value is -3.05. The topological polar surface area (TPSA) is 49.4 Å². The molecule has 4 nitrogen and oxygen atoms in total. The van der Waals surface area contributed by atoms with E-state index in [1.54, 1.807) is 11.8 Å². The number of thioether (sulfide) groups is 1. The van der Waals surface area contributed by atoms with Gasteiger partial charge < -0.3 is 5.32 Å². The number of anilines is 2. The molecule has 146 valence electrons. The van der Waals surface area contributed by atoms with E-state index in [-0.39, 0.29) is 17.2 Å². The molecular weight excluding hydrogens is 380 g/mol. The molecule has 4 rings (SSSR count). The summed E-state index contributed by atoms with van der Waals surface area (Å²) in [6.07, 6.45) is 0. The summed E-state index contributed by atoms with van der Waals surface area (Å²) < 4.78 is 0. The molecule has 0 radical (unpaired) electrons. The Morgan fingerprint density at radius 3 is 2.52 bits per heavy atom. The van der Waals surface area contributed by atoms with Crippen molar-refractivity contribution in [3.8, 4) is 0 Å². The van der Waals surface area contributed by atoms with Gasteiger partial charge in [0.2, 0.25) is 5.91 Å². The average Bonchev–Trinajstić information content (AvgIpc) is 3.10. The molecule has 29 heavy (non-hydrogen) atoms. The number of benzene rings is 3. The van der Waals surface area contributed by atoms with Crippen LogP contribution in [0.1, 0.15) is 32.4 Å². The molecule has 1 aliphatic rings. The summed E-state index contributed by atoms with van der Waals surface area (Å²) in [5, 5.41) is 2.87. The van der Waals surface area contributed by atoms with E-state index >= 15 is 0 Å². The monoisotopic (exact) mass is 402 g/mol. The van der Waals surface area contributed by atoms with Crippen molar-refractivity contribution < 1.29 is 9.59 Å². The smallest absolute Gasteiger partial charge is 0.255 e. The third kappa shape index (κ3) is 4.05. The molecule has 2 amide bonds. The maximum Gasteiger partial charge on any atom is 0.255 e. The number of aryl methyl sites for hydroxylation is 2. The maximum atomic E-state index is 12.7. The zero-order valence-corrected chi connectivity index (χ0v) is 17.2. The highest BCUT2D eigenvalue weighted by Gasteiger charge is 2.34. The summed E-state index contributed by atoms with van der Waals surface area (Å²) in [6, 6.07) is 23.3. The largest absolute Gasteiger partial charge is 0.322 e. The number of nitrogens with one attached hydrogen (secondary N) is 1. The molecule has 0 aliphatic carbocycles. The first-order valence-corrected chi connectivity index (χ1v) is 10.5. The van der Waals surface area contributed by atoms with Gasteiger partial charge in [-0.1, -0.05) is 48.0 Å². The molecule has 1 fully saturated rings. The van der Waals surface area contributed by atoms with Gasteiger partial charge in [0, 0.05) is 16.9 Å². The van der Waals surface area contributed by atoms with Crippen LogP contribution in [0.4, 0.5) is 11.4 Å². The van der Waals surface area contributed by atoms with Crippen molar-refractivity contribution >= 4 is 35.0 Å². The third-order valence-electron chi connectivity index (χ3n) is 5.00. The van der Waals surface area contributed by atoms with Gasteiger partial charge in [-0.05, 0) is 55.3 Å². The first-order valence-electron chi connectivity index (χ1n) is 9.50. The highest BCUT2D eigenvalue weighted by Crippen LogP contribution is 2.42. The van der Waals surface area contributed by atoms with Crippen LogP contribution >= 0.6 is 11.8 Å². The molecule has 1 saturated heterocycles.